The van der Waals surface area contributed by atoms with Crippen molar-refractivity contribution in [2.24, 2.45) is 0 Å². The summed E-state index contributed by atoms with van der Waals surface area (Å²) in [6, 6.07) is 11.6. The minimum absolute atomic E-state index is 0.0331. The molecule has 0 aliphatic rings. The number of carbonyl (C=O) groups excluding carboxylic acids is 2. The van der Waals surface area contributed by atoms with Gasteiger partial charge in [-0.3, -0.25) is 9.59 Å². The van der Waals surface area contributed by atoms with Crippen molar-refractivity contribution in [2.75, 3.05) is 5.75 Å². The van der Waals surface area contributed by atoms with Crippen molar-refractivity contribution in [3.63, 3.8) is 0 Å². The first-order chi connectivity index (χ1) is 15.5. The number of nitrogens with one attached hydrogen (secondary N) is 2. The van der Waals surface area contributed by atoms with Gasteiger partial charge in [0.05, 0.1) is 17.9 Å². The van der Waals surface area contributed by atoms with Crippen LogP contribution < -0.4 is 10.6 Å². The number of nitrogens with zero attached hydrogens (tertiary/aromatic N) is 3. The summed E-state index contributed by atoms with van der Waals surface area (Å²) in [6.45, 7) is 4.40. The van der Waals surface area contributed by atoms with E-state index in [1.807, 2.05) is 0 Å². The Kier molecular flexibility index (Phi) is 8.09. The Bertz CT molecular complexity index is 1100. The molecule has 7 nitrogen and oxygen atoms in total. The molecule has 2 aromatic carbocycles. The van der Waals surface area contributed by atoms with E-state index in [-0.39, 0.29) is 36.1 Å². The van der Waals surface area contributed by atoms with E-state index in [4.69, 9.17) is 0 Å². The van der Waals surface area contributed by atoms with E-state index in [9.17, 15) is 18.4 Å². The third-order valence-electron chi connectivity index (χ3n) is 4.37. The Morgan fingerprint density at radius 3 is 2.50 bits per heavy atom. The fourth-order valence-electron chi connectivity index (χ4n) is 2.75. The molecule has 3 rings (SSSR count). The second kappa shape index (κ2) is 11.2. The first-order valence-corrected chi connectivity index (χ1v) is 10.7. The minimum Gasteiger partial charge on any atom is -0.351 e. The Morgan fingerprint density at radius 2 is 1.78 bits per heavy atom. The molecule has 0 aliphatic heterocycles. The fourth-order valence-corrected chi connectivity index (χ4v) is 3.55. The molecule has 10 heteroatoms. The molecule has 0 spiro atoms. The molecule has 0 bridgehead atoms. The van der Waals surface area contributed by atoms with Crippen LogP contribution in [0.2, 0.25) is 0 Å². The highest BCUT2D eigenvalue weighted by molar-refractivity contribution is 7.99. The molecule has 0 unspecified atom stereocenters. The molecule has 0 radical (unpaired) electrons. The highest BCUT2D eigenvalue weighted by Gasteiger charge is 2.16. The van der Waals surface area contributed by atoms with Gasteiger partial charge in [0, 0.05) is 13.1 Å². The molecule has 32 heavy (non-hydrogen) atoms. The summed E-state index contributed by atoms with van der Waals surface area (Å²) >= 11 is 1.18. The standard InChI is InChI=1S/C22H21F2N5O2S/c1-2-11-29-19(13-26-21(31)17-5-3-4-6-18(17)24)27-28-22(29)32-14-20(30)25-12-15-7-9-16(23)10-8-15/h2-10H,1,11-14H2,(H,25,30)(H,26,31). The van der Waals surface area contributed by atoms with E-state index in [0.717, 1.165) is 5.56 Å². The lowest BCUT2D eigenvalue weighted by molar-refractivity contribution is -0.118. The van der Waals surface area contributed by atoms with Crippen molar-refractivity contribution < 1.29 is 18.4 Å². The number of rotatable bonds is 10. The van der Waals surface area contributed by atoms with Gasteiger partial charge in [-0.1, -0.05) is 42.1 Å². The lowest BCUT2D eigenvalue weighted by atomic mass is 10.2. The van der Waals surface area contributed by atoms with Crippen LogP contribution in [-0.2, 0) is 24.4 Å². The zero-order valence-electron chi connectivity index (χ0n) is 17.1. The monoisotopic (exact) mass is 457 g/mol. The summed E-state index contributed by atoms with van der Waals surface area (Å²) in [4.78, 5) is 24.4. The molecule has 0 fully saturated rings. The minimum atomic E-state index is -0.611. The van der Waals surface area contributed by atoms with Crippen LogP contribution >= 0.6 is 11.8 Å². The van der Waals surface area contributed by atoms with Gasteiger partial charge in [0.15, 0.2) is 11.0 Å². The maximum atomic E-state index is 13.8. The third kappa shape index (κ3) is 6.24. The van der Waals surface area contributed by atoms with E-state index in [1.165, 1.54) is 42.1 Å². The van der Waals surface area contributed by atoms with Gasteiger partial charge in [0.25, 0.3) is 5.91 Å². The van der Waals surface area contributed by atoms with E-state index in [1.54, 1.807) is 28.8 Å². The number of aromatic nitrogens is 3. The molecular formula is C22H21F2N5O2S. The van der Waals surface area contributed by atoms with Gasteiger partial charge in [-0.05, 0) is 29.8 Å². The topological polar surface area (TPSA) is 88.9 Å². The number of benzene rings is 2. The van der Waals surface area contributed by atoms with Crippen LogP contribution in [0.15, 0.2) is 66.3 Å². The molecule has 2 N–H and O–H groups in total. The van der Waals surface area contributed by atoms with Crippen molar-refractivity contribution in [1.82, 2.24) is 25.4 Å². The van der Waals surface area contributed by atoms with E-state index in [0.29, 0.717) is 17.5 Å². The predicted molar refractivity (Wildman–Crippen MR) is 117 cm³/mol. The predicted octanol–water partition coefficient (Wildman–Crippen LogP) is 3.08. The molecule has 0 saturated heterocycles. The summed E-state index contributed by atoms with van der Waals surface area (Å²) in [5, 5.41) is 14.0. The normalized spacial score (nSPS) is 10.6. The summed E-state index contributed by atoms with van der Waals surface area (Å²) < 4.78 is 28.4. The Labute approximate surface area is 187 Å². The Morgan fingerprint density at radius 1 is 1.03 bits per heavy atom. The molecule has 166 valence electrons. The highest BCUT2D eigenvalue weighted by atomic mass is 32.2. The average Bonchev–Trinajstić information content (AvgIpc) is 3.17. The first kappa shape index (κ1) is 23.1. The van der Waals surface area contributed by atoms with Gasteiger partial charge in [-0.2, -0.15) is 0 Å². The third-order valence-corrected chi connectivity index (χ3v) is 5.33. The van der Waals surface area contributed by atoms with Gasteiger partial charge in [0.2, 0.25) is 5.91 Å². The summed E-state index contributed by atoms with van der Waals surface area (Å²) in [5.41, 5.74) is 0.724. The zero-order valence-corrected chi connectivity index (χ0v) is 17.9. The maximum Gasteiger partial charge on any atom is 0.254 e. The van der Waals surface area contributed by atoms with Gasteiger partial charge in [0.1, 0.15) is 11.6 Å². The first-order valence-electron chi connectivity index (χ1n) is 9.67. The summed E-state index contributed by atoms with van der Waals surface area (Å²) in [7, 11) is 0. The van der Waals surface area contributed by atoms with Crippen molar-refractivity contribution in [1.29, 1.82) is 0 Å². The van der Waals surface area contributed by atoms with Crippen molar-refractivity contribution in [3.05, 3.63) is 89.8 Å². The summed E-state index contributed by atoms with van der Waals surface area (Å²) in [6.07, 6.45) is 1.64. The second-order valence-corrected chi connectivity index (χ2v) is 7.59. The Hall–Kier alpha value is -3.53. The van der Waals surface area contributed by atoms with Crippen LogP contribution in [0.25, 0.3) is 0 Å². The largest absolute Gasteiger partial charge is 0.351 e. The number of carbonyl (C=O) groups is 2. The summed E-state index contributed by atoms with van der Waals surface area (Å²) in [5.74, 6) is -1.19. The number of hydrogen-bond acceptors (Lipinski definition) is 5. The van der Waals surface area contributed by atoms with Crippen LogP contribution in [0.1, 0.15) is 21.7 Å². The van der Waals surface area contributed by atoms with Crippen molar-refractivity contribution in [2.45, 2.75) is 24.8 Å². The number of amides is 2. The fraction of sp³-hybridized carbons (Fsp3) is 0.182. The van der Waals surface area contributed by atoms with Crippen LogP contribution in [0.4, 0.5) is 8.78 Å². The van der Waals surface area contributed by atoms with E-state index in [2.05, 4.69) is 27.4 Å². The molecule has 0 saturated carbocycles. The number of allylic oxidation sites excluding steroid dienone is 1. The number of hydrogen-bond donors (Lipinski definition) is 2. The molecule has 1 heterocycles. The molecule has 0 atom stereocenters. The molecule has 3 aromatic rings. The number of halogens is 2. The van der Waals surface area contributed by atoms with Crippen LogP contribution in [0.5, 0.6) is 0 Å². The smallest absolute Gasteiger partial charge is 0.254 e. The molecule has 2 amide bonds. The zero-order chi connectivity index (χ0) is 22.9. The molecule has 0 aliphatic carbocycles. The molecule has 1 aromatic heterocycles. The maximum absolute atomic E-state index is 13.8. The van der Waals surface area contributed by atoms with Gasteiger partial charge < -0.3 is 15.2 Å². The van der Waals surface area contributed by atoms with Crippen LogP contribution in [0, 0.1) is 11.6 Å². The van der Waals surface area contributed by atoms with Crippen LogP contribution in [0.3, 0.4) is 0 Å². The van der Waals surface area contributed by atoms with Crippen molar-refractivity contribution in [3.8, 4) is 0 Å². The average molecular weight is 458 g/mol. The quantitative estimate of drug-likeness (QED) is 0.361. The van der Waals surface area contributed by atoms with Crippen molar-refractivity contribution >= 4 is 23.6 Å². The van der Waals surface area contributed by atoms with Crippen LogP contribution in [-0.4, -0.2) is 32.3 Å². The van der Waals surface area contributed by atoms with Gasteiger partial charge in [-0.25, -0.2) is 8.78 Å². The lowest BCUT2D eigenvalue weighted by Gasteiger charge is -2.09. The van der Waals surface area contributed by atoms with Gasteiger partial charge in [-0.15, -0.1) is 16.8 Å². The number of thioether (sulfide) groups is 1. The highest BCUT2D eigenvalue weighted by Crippen LogP contribution is 2.17. The Balaban J connectivity index is 1.56. The van der Waals surface area contributed by atoms with E-state index < -0.39 is 11.7 Å². The second-order valence-electron chi connectivity index (χ2n) is 6.65. The SMILES string of the molecule is C=CCn1c(CNC(=O)c2ccccc2F)nnc1SCC(=O)NCc1ccc(F)cc1. The lowest BCUT2D eigenvalue weighted by Crippen LogP contribution is -2.26. The molecular weight excluding hydrogens is 436 g/mol. The van der Waals surface area contributed by atoms with E-state index >= 15 is 0 Å². The van der Waals surface area contributed by atoms with Gasteiger partial charge >= 0.3 is 0 Å².